The number of hydrogen-bond acceptors (Lipinski definition) is 5. The molecule has 0 aliphatic carbocycles. The lowest BCUT2D eigenvalue weighted by Gasteiger charge is -2.19. The van der Waals surface area contributed by atoms with E-state index in [0.717, 1.165) is 27.8 Å². The van der Waals surface area contributed by atoms with Crippen molar-refractivity contribution in [2.24, 2.45) is 0 Å². The number of methoxy groups -OCH3 is 2. The van der Waals surface area contributed by atoms with E-state index in [9.17, 15) is 9.59 Å². The third kappa shape index (κ3) is 5.64. The summed E-state index contributed by atoms with van der Waals surface area (Å²) in [7, 11) is 3.14. The number of nitrogens with one attached hydrogen (secondary N) is 1. The Morgan fingerprint density at radius 3 is 2.19 bits per heavy atom. The molecule has 0 spiro atoms. The normalized spacial score (nSPS) is 10.6. The van der Waals surface area contributed by atoms with Crippen LogP contribution >= 0.6 is 0 Å². The maximum atomic E-state index is 13.2. The zero-order chi connectivity index (χ0) is 26.4. The molecule has 6 heteroatoms. The van der Waals surface area contributed by atoms with Crippen LogP contribution in [0.1, 0.15) is 37.4 Å². The van der Waals surface area contributed by atoms with E-state index in [4.69, 9.17) is 15.2 Å². The molecule has 0 aromatic heterocycles. The van der Waals surface area contributed by atoms with Crippen molar-refractivity contribution in [1.29, 1.82) is 0 Å². The standard InChI is InChI=1S/C31H30N2O4/c1-20-25(18-28(36-2)30(37-3)29(20)23-9-5-4-6-10-23)31(35)33-19-21-13-15-22(16-14-21)27(34)17-24-11-7-8-12-26(24)32/h4-16,18H,17,19,32H2,1-3H3,(H,33,35). The fourth-order valence-corrected chi connectivity index (χ4v) is 4.33. The van der Waals surface area contributed by atoms with Gasteiger partial charge in [0.1, 0.15) is 0 Å². The molecule has 0 saturated heterocycles. The summed E-state index contributed by atoms with van der Waals surface area (Å²) in [6.07, 6.45) is 0.241. The number of Topliss-reactive ketones (excluding diaryl/α,β-unsaturated/α-hetero) is 1. The summed E-state index contributed by atoms with van der Waals surface area (Å²) in [5.41, 5.74) is 11.9. The molecule has 188 valence electrons. The van der Waals surface area contributed by atoms with Gasteiger partial charge in [0, 0.05) is 35.3 Å². The average Bonchev–Trinajstić information content (AvgIpc) is 2.93. The molecule has 4 rings (SSSR count). The van der Waals surface area contributed by atoms with E-state index in [2.05, 4.69) is 5.32 Å². The first kappa shape index (κ1) is 25.5. The number of rotatable bonds is 9. The molecule has 6 nitrogen and oxygen atoms in total. The number of carbonyl (C=O) groups excluding carboxylic acids is 2. The Hall–Kier alpha value is -4.58. The highest BCUT2D eigenvalue weighted by molar-refractivity contribution is 6.00. The van der Waals surface area contributed by atoms with E-state index in [1.165, 1.54) is 0 Å². The minimum Gasteiger partial charge on any atom is -0.493 e. The van der Waals surface area contributed by atoms with Gasteiger partial charge in [-0.1, -0.05) is 72.8 Å². The van der Waals surface area contributed by atoms with Gasteiger partial charge in [-0.2, -0.15) is 0 Å². The Morgan fingerprint density at radius 2 is 1.54 bits per heavy atom. The lowest BCUT2D eigenvalue weighted by atomic mass is 9.94. The van der Waals surface area contributed by atoms with Crippen LogP contribution in [0.3, 0.4) is 0 Å². The highest BCUT2D eigenvalue weighted by Gasteiger charge is 2.22. The van der Waals surface area contributed by atoms with E-state index in [1.54, 1.807) is 38.5 Å². The number of nitrogen functional groups attached to an aromatic ring is 1. The van der Waals surface area contributed by atoms with Crippen molar-refractivity contribution in [2.45, 2.75) is 19.9 Å². The van der Waals surface area contributed by atoms with Gasteiger partial charge in [-0.15, -0.1) is 0 Å². The van der Waals surface area contributed by atoms with Crippen LogP contribution in [0.5, 0.6) is 11.5 Å². The molecule has 0 unspecified atom stereocenters. The smallest absolute Gasteiger partial charge is 0.251 e. The summed E-state index contributed by atoms with van der Waals surface area (Å²) >= 11 is 0. The minimum absolute atomic E-state index is 0.0112. The molecule has 0 atom stereocenters. The van der Waals surface area contributed by atoms with Gasteiger partial charge in [-0.25, -0.2) is 0 Å². The van der Waals surface area contributed by atoms with Crippen molar-refractivity contribution >= 4 is 17.4 Å². The van der Waals surface area contributed by atoms with Crippen molar-refractivity contribution in [1.82, 2.24) is 5.32 Å². The van der Waals surface area contributed by atoms with Gasteiger partial charge >= 0.3 is 0 Å². The maximum Gasteiger partial charge on any atom is 0.251 e. The van der Waals surface area contributed by atoms with Crippen molar-refractivity contribution in [3.05, 3.63) is 113 Å². The number of ether oxygens (including phenoxy) is 2. The first-order valence-electron chi connectivity index (χ1n) is 12.0. The van der Waals surface area contributed by atoms with E-state index < -0.39 is 0 Å². The van der Waals surface area contributed by atoms with Crippen LogP contribution in [0.15, 0.2) is 84.9 Å². The molecule has 4 aromatic carbocycles. The summed E-state index contributed by atoms with van der Waals surface area (Å²) in [5, 5.41) is 2.98. The third-order valence-corrected chi connectivity index (χ3v) is 6.37. The van der Waals surface area contributed by atoms with Crippen LogP contribution in [-0.2, 0) is 13.0 Å². The van der Waals surface area contributed by atoms with Crippen LogP contribution in [0.4, 0.5) is 5.69 Å². The first-order chi connectivity index (χ1) is 17.9. The van der Waals surface area contributed by atoms with Gasteiger partial charge < -0.3 is 20.5 Å². The van der Waals surface area contributed by atoms with Gasteiger partial charge in [0.2, 0.25) is 0 Å². The summed E-state index contributed by atoms with van der Waals surface area (Å²) in [6.45, 7) is 2.21. The summed E-state index contributed by atoms with van der Waals surface area (Å²) in [4.78, 5) is 25.9. The highest BCUT2D eigenvalue weighted by atomic mass is 16.5. The zero-order valence-corrected chi connectivity index (χ0v) is 21.2. The van der Waals surface area contributed by atoms with Crippen molar-refractivity contribution in [2.75, 3.05) is 20.0 Å². The lowest BCUT2D eigenvalue weighted by molar-refractivity contribution is 0.0948. The molecular formula is C31H30N2O4. The highest BCUT2D eigenvalue weighted by Crippen LogP contribution is 2.42. The molecule has 0 saturated carbocycles. The number of hydrogen-bond donors (Lipinski definition) is 2. The Kier molecular flexibility index (Phi) is 7.89. The molecule has 0 bridgehead atoms. The van der Waals surface area contributed by atoms with Crippen molar-refractivity contribution in [3.8, 4) is 22.6 Å². The Labute approximate surface area is 217 Å². The monoisotopic (exact) mass is 494 g/mol. The van der Waals surface area contributed by atoms with Gasteiger partial charge in [-0.05, 0) is 41.3 Å². The Bertz CT molecular complexity index is 1410. The number of amides is 1. The van der Waals surface area contributed by atoms with Gasteiger partial charge in [0.25, 0.3) is 5.91 Å². The predicted molar refractivity (Wildman–Crippen MR) is 146 cm³/mol. The fourth-order valence-electron chi connectivity index (χ4n) is 4.33. The number of para-hydroxylation sites is 1. The number of carbonyl (C=O) groups is 2. The Balaban J connectivity index is 1.50. The number of benzene rings is 4. The second-order valence-electron chi connectivity index (χ2n) is 8.70. The molecule has 3 N–H and O–H groups in total. The van der Waals surface area contributed by atoms with Crippen LogP contribution in [-0.4, -0.2) is 25.9 Å². The van der Waals surface area contributed by atoms with Gasteiger partial charge in [0.05, 0.1) is 14.2 Å². The molecule has 0 radical (unpaired) electrons. The van der Waals surface area contributed by atoms with E-state index in [0.29, 0.717) is 34.9 Å². The maximum absolute atomic E-state index is 13.2. The molecular weight excluding hydrogens is 464 g/mol. The molecule has 0 fully saturated rings. The molecule has 37 heavy (non-hydrogen) atoms. The van der Waals surface area contributed by atoms with E-state index in [-0.39, 0.29) is 18.1 Å². The lowest BCUT2D eigenvalue weighted by Crippen LogP contribution is -2.24. The second-order valence-corrected chi connectivity index (χ2v) is 8.70. The summed E-state index contributed by atoms with van der Waals surface area (Å²) < 4.78 is 11.2. The zero-order valence-electron chi connectivity index (χ0n) is 21.2. The average molecular weight is 495 g/mol. The molecule has 0 aliphatic rings. The van der Waals surface area contributed by atoms with E-state index in [1.807, 2.05) is 67.6 Å². The number of nitrogens with two attached hydrogens (primary N) is 1. The van der Waals surface area contributed by atoms with Gasteiger partial charge in [0.15, 0.2) is 17.3 Å². The van der Waals surface area contributed by atoms with Crippen molar-refractivity contribution < 1.29 is 19.1 Å². The van der Waals surface area contributed by atoms with Crippen LogP contribution in [0.2, 0.25) is 0 Å². The van der Waals surface area contributed by atoms with Crippen LogP contribution < -0.4 is 20.5 Å². The van der Waals surface area contributed by atoms with Crippen molar-refractivity contribution in [3.63, 3.8) is 0 Å². The SMILES string of the molecule is COc1cc(C(=O)NCc2ccc(C(=O)Cc3ccccc3N)cc2)c(C)c(-c2ccccc2)c1OC. The molecule has 0 aliphatic heterocycles. The summed E-state index contributed by atoms with van der Waals surface area (Å²) in [5.74, 6) is 0.831. The predicted octanol–water partition coefficient (Wildman–Crippen LogP) is 5.62. The minimum atomic E-state index is -0.227. The van der Waals surface area contributed by atoms with E-state index >= 15 is 0 Å². The molecule has 4 aromatic rings. The summed E-state index contributed by atoms with van der Waals surface area (Å²) in [6, 6.07) is 26.1. The number of anilines is 1. The van der Waals surface area contributed by atoms with Gasteiger partial charge in [-0.3, -0.25) is 9.59 Å². The topological polar surface area (TPSA) is 90.7 Å². The Morgan fingerprint density at radius 1 is 0.865 bits per heavy atom. The molecule has 1 amide bonds. The first-order valence-corrected chi connectivity index (χ1v) is 12.0. The second kappa shape index (κ2) is 11.4. The molecule has 0 heterocycles. The fraction of sp³-hybridized carbons (Fsp3) is 0.161. The van der Waals surface area contributed by atoms with Crippen LogP contribution in [0.25, 0.3) is 11.1 Å². The van der Waals surface area contributed by atoms with Crippen LogP contribution in [0, 0.1) is 6.92 Å². The quantitative estimate of drug-likeness (QED) is 0.233. The third-order valence-electron chi connectivity index (χ3n) is 6.37. The largest absolute Gasteiger partial charge is 0.493 e. The number of ketones is 1.